The minimum Gasteiger partial charge on any atom is -0.480 e. The van der Waals surface area contributed by atoms with E-state index < -0.39 is 17.9 Å². The van der Waals surface area contributed by atoms with Crippen LogP contribution in [0.25, 0.3) is 21.3 Å². The lowest BCUT2D eigenvalue weighted by Gasteiger charge is -2.28. The van der Waals surface area contributed by atoms with E-state index >= 15 is 0 Å². The second-order valence-corrected chi connectivity index (χ2v) is 9.84. The Morgan fingerprint density at radius 1 is 1.06 bits per heavy atom. The van der Waals surface area contributed by atoms with Gasteiger partial charge in [0.2, 0.25) is 0 Å². The average Bonchev–Trinajstić information content (AvgIpc) is 3.29. The van der Waals surface area contributed by atoms with Crippen LogP contribution in [0, 0.1) is 11.7 Å². The Morgan fingerprint density at radius 3 is 2.44 bits per heavy atom. The number of carbonyl (C=O) groups excluding carboxylic acids is 1. The Balaban J connectivity index is 1.24. The van der Waals surface area contributed by atoms with E-state index in [0.29, 0.717) is 17.2 Å². The fourth-order valence-electron chi connectivity index (χ4n) is 4.40. The van der Waals surface area contributed by atoms with Gasteiger partial charge >= 0.3 is 5.97 Å². The van der Waals surface area contributed by atoms with Gasteiger partial charge in [0, 0.05) is 23.7 Å². The first-order chi connectivity index (χ1) is 17.5. The summed E-state index contributed by atoms with van der Waals surface area (Å²) in [5.41, 5.74) is 3.91. The van der Waals surface area contributed by atoms with Crippen molar-refractivity contribution in [3.05, 3.63) is 78.1 Å². The summed E-state index contributed by atoms with van der Waals surface area (Å²) in [4.78, 5) is 28.9. The molecule has 5 rings (SSSR count). The quantitative estimate of drug-likeness (QED) is 0.282. The third kappa shape index (κ3) is 5.37. The Morgan fingerprint density at radius 2 is 1.78 bits per heavy atom. The van der Waals surface area contributed by atoms with Crippen molar-refractivity contribution >= 4 is 44.2 Å². The lowest BCUT2D eigenvalue weighted by Crippen LogP contribution is -2.50. The van der Waals surface area contributed by atoms with Gasteiger partial charge in [0.25, 0.3) is 5.91 Å². The van der Waals surface area contributed by atoms with Crippen molar-refractivity contribution in [2.24, 2.45) is 5.92 Å². The van der Waals surface area contributed by atoms with Crippen LogP contribution < -0.4 is 16.0 Å². The number of hydrogen-bond donors (Lipinski definition) is 4. The molecule has 4 aromatic rings. The number of carboxylic acids is 1. The third-order valence-electron chi connectivity index (χ3n) is 6.33. The Kier molecular flexibility index (Phi) is 6.92. The fourth-order valence-corrected chi connectivity index (χ4v) is 5.32. The summed E-state index contributed by atoms with van der Waals surface area (Å²) < 4.78 is 14.2. The summed E-state index contributed by atoms with van der Waals surface area (Å²) in [5, 5.41) is 19.4. The zero-order valence-corrected chi connectivity index (χ0v) is 20.1. The SMILES string of the molecule is O=C(NC(C(=O)O)C1CCCNC1)c1ccc(-c2ccc(Nc3nc4ccc(F)cc4s3)cc2)cc1. The normalized spacial score (nSPS) is 16.4. The van der Waals surface area contributed by atoms with E-state index in [2.05, 4.69) is 20.9 Å². The molecule has 1 amide bonds. The van der Waals surface area contributed by atoms with Gasteiger partial charge in [-0.2, -0.15) is 0 Å². The van der Waals surface area contributed by atoms with Gasteiger partial charge in [-0.3, -0.25) is 4.79 Å². The molecular weight excluding hydrogens is 479 g/mol. The van der Waals surface area contributed by atoms with Crippen molar-refractivity contribution in [1.82, 2.24) is 15.6 Å². The molecule has 0 spiro atoms. The Hall–Kier alpha value is -3.82. The van der Waals surface area contributed by atoms with Crippen molar-refractivity contribution < 1.29 is 19.1 Å². The van der Waals surface area contributed by atoms with Crippen LogP contribution in [0.1, 0.15) is 23.2 Å². The second-order valence-electron chi connectivity index (χ2n) is 8.81. The molecule has 1 aliphatic heterocycles. The van der Waals surface area contributed by atoms with Gasteiger partial charge in [-0.05, 0) is 73.0 Å². The number of anilines is 2. The maximum atomic E-state index is 13.4. The number of hydrogen-bond acceptors (Lipinski definition) is 6. The summed E-state index contributed by atoms with van der Waals surface area (Å²) in [5.74, 6) is -1.82. The van der Waals surface area contributed by atoms with Gasteiger partial charge in [0.05, 0.1) is 10.2 Å². The Bertz CT molecular complexity index is 1380. The van der Waals surface area contributed by atoms with E-state index in [-0.39, 0.29) is 11.7 Å². The van der Waals surface area contributed by atoms with Crippen LogP contribution in [0.4, 0.5) is 15.2 Å². The first-order valence-electron chi connectivity index (χ1n) is 11.7. The number of fused-ring (bicyclic) bond motifs is 1. The average molecular weight is 505 g/mol. The number of nitrogens with one attached hydrogen (secondary N) is 3. The minimum absolute atomic E-state index is 0.129. The topological polar surface area (TPSA) is 103 Å². The Labute approximate surface area is 211 Å². The lowest BCUT2D eigenvalue weighted by molar-refractivity contribution is -0.140. The molecule has 2 unspecified atom stereocenters. The van der Waals surface area contributed by atoms with Gasteiger partial charge < -0.3 is 21.1 Å². The van der Waals surface area contributed by atoms with Crippen molar-refractivity contribution in [1.29, 1.82) is 0 Å². The number of amides is 1. The fraction of sp³-hybridized carbons (Fsp3) is 0.222. The van der Waals surface area contributed by atoms with Crippen molar-refractivity contribution in [3.8, 4) is 11.1 Å². The number of piperidine rings is 1. The lowest BCUT2D eigenvalue weighted by atomic mass is 9.91. The molecule has 36 heavy (non-hydrogen) atoms. The van der Waals surface area contributed by atoms with Crippen LogP contribution in [0.3, 0.4) is 0 Å². The van der Waals surface area contributed by atoms with E-state index in [0.717, 1.165) is 46.4 Å². The molecule has 9 heteroatoms. The highest BCUT2D eigenvalue weighted by Gasteiger charge is 2.31. The number of thiazole rings is 1. The molecule has 7 nitrogen and oxygen atoms in total. The molecule has 0 aliphatic carbocycles. The molecule has 1 aromatic heterocycles. The number of benzene rings is 3. The number of rotatable bonds is 7. The van der Waals surface area contributed by atoms with Crippen LogP contribution in [0.15, 0.2) is 66.7 Å². The number of carbonyl (C=O) groups is 2. The number of halogens is 1. The highest BCUT2D eigenvalue weighted by Crippen LogP contribution is 2.30. The molecule has 1 fully saturated rings. The third-order valence-corrected chi connectivity index (χ3v) is 7.26. The van der Waals surface area contributed by atoms with Crippen molar-refractivity contribution in [3.63, 3.8) is 0 Å². The maximum Gasteiger partial charge on any atom is 0.326 e. The van der Waals surface area contributed by atoms with E-state index in [1.165, 1.54) is 23.5 Å². The molecule has 184 valence electrons. The summed E-state index contributed by atoms with van der Waals surface area (Å²) >= 11 is 1.39. The predicted octanol–water partition coefficient (Wildman–Crippen LogP) is 5.03. The predicted molar refractivity (Wildman–Crippen MR) is 139 cm³/mol. The zero-order chi connectivity index (χ0) is 25.1. The zero-order valence-electron chi connectivity index (χ0n) is 19.3. The largest absolute Gasteiger partial charge is 0.480 e. The van der Waals surface area contributed by atoms with E-state index in [4.69, 9.17) is 0 Å². The van der Waals surface area contributed by atoms with Gasteiger partial charge in [0.1, 0.15) is 11.9 Å². The van der Waals surface area contributed by atoms with Gasteiger partial charge in [-0.25, -0.2) is 14.2 Å². The van der Waals surface area contributed by atoms with Gasteiger partial charge in [-0.15, -0.1) is 0 Å². The monoisotopic (exact) mass is 504 g/mol. The van der Waals surface area contributed by atoms with E-state index in [1.807, 2.05) is 36.4 Å². The summed E-state index contributed by atoms with van der Waals surface area (Å²) in [7, 11) is 0. The van der Waals surface area contributed by atoms with Crippen LogP contribution in [-0.4, -0.2) is 41.1 Å². The molecule has 1 aliphatic rings. The maximum absolute atomic E-state index is 13.4. The van der Waals surface area contributed by atoms with Crippen molar-refractivity contribution in [2.75, 3.05) is 18.4 Å². The molecule has 3 aromatic carbocycles. The smallest absolute Gasteiger partial charge is 0.326 e. The van der Waals surface area contributed by atoms with Crippen LogP contribution in [-0.2, 0) is 4.79 Å². The highest BCUT2D eigenvalue weighted by molar-refractivity contribution is 7.22. The first-order valence-corrected chi connectivity index (χ1v) is 12.6. The molecule has 0 radical (unpaired) electrons. The number of aliphatic carboxylic acids is 1. The summed E-state index contributed by atoms with van der Waals surface area (Å²) in [6, 6.07) is 18.5. The molecule has 4 N–H and O–H groups in total. The summed E-state index contributed by atoms with van der Waals surface area (Å²) in [6.45, 7) is 1.46. The molecule has 2 atom stereocenters. The highest BCUT2D eigenvalue weighted by atomic mass is 32.1. The van der Waals surface area contributed by atoms with Gasteiger partial charge in [-0.1, -0.05) is 35.6 Å². The number of nitrogens with zero attached hydrogens (tertiary/aromatic N) is 1. The molecule has 0 saturated carbocycles. The van der Waals surface area contributed by atoms with Crippen LogP contribution in [0.5, 0.6) is 0 Å². The van der Waals surface area contributed by atoms with E-state index in [9.17, 15) is 19.1 Å². The second kappa shape index (κ2) is 10.4. The van der Waals surface area contributed by atoms with Gasteiger partial charge in [0.15, 0.2) is 5.13 Å². The molecular formula is C27H25FN4O3S. The number of carboxylic acid groups (broad SMARTS) is 1. The molecule has 2 heterocycles. The number of aromatic nitrogens is 1. The van der Waals surface area contributed by atoms with E-state index in [1.54, 1.807) is 18.2 Å². The van der Waals surface area contributed by atoms with Crippen molar-refractivity contribution in [2.45, 2.75) is 18.9 Å². The van der Waals surface area contributed by atoms with Crippen LogP contribution in [0.2, 0.25) is 0 Å². The summed E-state index contributed by atoms with van der Waals surface area (Å²) in [6.07, 6.45) is 1.67. The van der Waals surface area contributed by atoms with Crippen LogP contribution >= 0.6 is 11.3 Å². The molecule has 1 saturated heterocycles. The molecule has 0 bridgehead atoms. The first kappa shape index (κ1) is 23.9. The minimum atomic E-state index is -1.01. The standard InChI is InChI=1S/C27H25FN4O3S/c28-20-9-12-22-23(14-20)36-27(31-22)30-21-10-7-17(8-11-21)16-3-5-18(6-4-16)25(33)32-24(26(34)35)19-2-1-13-29-15-19/h3-12,14,19,24,29H,1-2,13,15H2,(H,30,31)(H,32,33)(H,34,35).